The van der Waals surface area contributed by atoms with E-state index in [-0.39, 0.29) is 6.03 Å². The van der Waals surface area contributed by atoms with Crippen molar-refractivity contribution in [1.29, 1.82) is 0 Å². The van der Waals surface area contributed by atoms with Gasteiger partial charge in [-0.2, -0.15) is 0 Å². The van der Waals surface area contributed by atoms with Crippen molar-refractivity contribution < 1.29 is 4.79 Å². The molecule has 1 saturated heterocycles. The summed E-state index contributed by atoms with van der Waals surface area (Å²) in [4.78, 5) is 24.8. The SMILES string of the molecule is Cn1ccnc1CNC(=O)N1CCN(c2ccccn2)CC1. The van der Waals surface area contributed by atoms with Crippen molar-refractivity contribution >= 4 is 11.8 Å². The van der Waals surface area contributed by atoms with E-state index in [1.54, 1.807) is 12.4 Å². The van der Waals surface area contributed by atoms with Gasteiger partial charge in [0, 0.05) is 51.8 Å². The fraction of sp³-hybridized carbons (Fsp3) is 0.400. The molecule has 1 N–H and O–H groups in total. The monoisotopic (exact) mass is 300 g/mol. The zero-order chi connectivity index (χ0) is 15.4. The number of hydrogen-bond acceptors (Lipinski definition) is 4. The highest BCUT2D eigenvalue weighted by Gasteiger charge is 2.21. The summed E-state index contributed by atoms with van der Waals surface area (Å²) in [6, 6.07) is 5.85. The molecule has 3 heterocycles. The van der Waals surface area contributed by atoms with Gasteiger partial charge in [-0.15, -0.1) is 0 Å². The molecular formula is C15H20N6O. The average Bonchev–Trinajstić information content (AvgIpc) is 2.99. The number of piperazine rings is 1. The summed E-state index contributed by atoms with van der Waals surface area (Å²) >= 11 is 0. The van der Waals surface area contributed by atoms with Gasteiger partial charge < -0.3 is 19.7 Å². The molecular weight excluding hydrogens is 280 g/mol. The standard InChI is InChI=1S/C15H20N6O/c1-19-7-6-17-14(19)12-18-15(22)21-10-8-20(9-11-21)13-4-2-3-5-16-13/h2-7H,8-12H2,1H3,(H,18,22). The van der Waals surface area contributed by atoms with Gasteiger partial charge in [-0.3, -0.25) is 0 Å². The van der Waals surface area contributed by atoms with Crippen LogP contribution in [-0.2, 0) is 13.6 Å². The number of amides is 2. The third-order valence-corrected chi connectivity index (χ3v) is 3.86. The van der Waals surface area contributed by atoms with Crippen LogP contribution in [0.2, 0.25) is 0 Å². The molecule has 7 heteroatoms. The summed E-state index contributed by atoms with van der Waals surface area (Å²) in [6.45, 7) is 3.44. The van der Waals surface area contributed by atoms with E-state index in [9.17, 15) is 4.79 Å². The highest BCUT2D eigenvalue weighted by Crippen LogP contribution is 2.12. The number of aromatic nitrogens is 3. The molecule has 0 spiro atoms. The molecule has 0 radical (unpaired) electrons. The number of rotatable bonds is 3. The Hall–Kier alpha value is -2.57. The summed E-state index contributed by atoms with van der Waals surface area (Å²) < 4.78 is 1.90. The third kappa shape index (κ3) is 3.19. The number of nitrogens with zero attached hydrogens (tertiary/aromatic N) is 5. The van der Waals surface area contributed by atoms with Gasteiger partial charge >= 0.3 is 6.03 Å². The Balaban J connectivity index is 1.49. The maximum Gasteiger partial charge on any atom is 0.317 e. The zero-order valence-corrected chi connectivity index (χ0v) is 12.6. The molecule has 3 rings (SSSR count). The van der Waals surface area contributed by atoms with Gasteiger partial charge in [0.15, 0.2) is 0 Å². The van der Waals surface area contributed by atoms with Crippen LogP contribution in [-0.4, -0.2) is 51.6 Å². The predicted molar refractivity (Wildman–Crippen MR) is 83.5 cm³/mol. The van der Waals surface area contributed by atoms with Gasteiger partial charge in [0.2, 0.25) is 0 Å². The number of pyridine rings is 1. The van der Waals surface area contributed by atoms with E-state index in [0.29, 0.717) is 19.6 Å². The number of hydrogen-bond donors (Lipinski definition) is 1. The first-order chi connectivity index (χ1) is 10.7. The van der Waals surface area contributed by atoms with E-state index in [0.717, 1.165) is 24.7 Å². The van der Waals surface area contributed by atoms with Crippen molar-refractivity contribution in [2.24, 2.45) is 7.05 Å². The fourth-order valence-corrected chi connectivity index (χ4v) is 2.51. The molecule has 1 aliphatic heterocycles. The first-order valence-corrected chi connectivity index (χ1v) is 7.39. The van der Waals surface area contributed by atoms with Crippen LogP contribution in [0.3, 0.4) is 0 Å². The molecule has 0 aliphatic carbocycles. The molecule has 0 saturated carbocycles. The second-order valence-corrected chi connectivity index (χ2v) is 5.28. The van der Waals surface area contributed by atoms with Crippen molar-refractivity contribution in [1.82, 2.24) is 24.8 Å². The average molecular weight is 300 g/mol. The molecule has 0 bridgehead atoms. The fourth-order valence-electron chi connectivity index (χ4n) is 2.51. The second kappa shape index (κ2) is 6.46. The lowest BCUT2D eigenvalue weighted by Gasteiger charge is -2.35. The van der Waals surface area contributed by atoms with E-state index < -0.39 is 0 Å². The van der Waals surface area contributed by atoms with Crippen LogP contribution >= 0.6 is 0 Å². The number of carbonyl (C=O) groups is 1. The Bertz CT molecular complexity index is 618. The van der Waals surface area contributed by atoms with Gasteiger partial charge in [-0.25, -0.2) is 14.8 Å². The van der Waals surface area contributed by atoms with Crippen LogP contribution in [0.5, 0.6) is 0 Å². The molecule has 1 fully saturated rings. The van der Waals surface area contributed by atoms with Crippen molar-refractivity contribution in [3.63, 3.8) is 0 Å². The second-order valence-electron chi connectivity index (χ2n) is 5.28. The van der Waals surface area contributed by atoms with Crippen LogP contribution in [0.15, 0.2) is 36.8 Å². The molecule has 0 unspecified atom stereocenters. The summed E-state index contributed by atoms with van der Waals surface area (Å²) in [6.07, 6.45) is 5.39. The van der Waals surface area contributed by atoms with Gasteiger partial charge in [-0.1, -0.05) is 6.07 Å². The molecule has 22 heavy (non-hydrogen) atoms. The lowest BCUT2D eigenvalue weighted by Crippen LogP contribution is -2.52. The molecule has 7 nitrogen and oxygen atoms in total. The normalized spacial score (nSPS) is 15.0. The molecule has 116 valence electrons. The van der Waals surface area contributed by atoms with Crippen molar-refractivity contribution in [2.75, 3.05) is 31.1 Å². The summed E-state index contributed by atoms with van der Waals surface area (Å²) in [5.41, 5.74) is 0. The van der Waals surface area contributed by atoms with E-state index in [1.807, 2.05) is 40.9 Å². The lowest BCUT2D eigenvalue weighted by molar-refractivity contribution is 0.193. The summed E-state index contributed by atoms with van der Waals surface area (Å²) in [5.74, 6) is 1.82. The first-order valence-electron chi connectivity index (χ1n) is 7.39. The largest absolute Gasteiger partial charge is 0.353 e. The Morgan fingerprint density at radius 1 is 1.18 bits per heavy atom. The van der Waals surface area contributed by atoms with Crippen LogP contribution in [0.25, 0.3) is 0 Å². The molecule has 2 aromatic heterocycles. The first kappa shape index (κ1) is 14.4. The number of urea groups is 1. The molecule has 2 aromatic rings. The van der Waals surface area contributed by atoms with Crippen LogP contribution in [0.4, 0.5) is 10.6 Å². The summed E-state index contributed by atoms with van der Waals surface area (Å²) in [7, 11) is 1.92. The van der Waals surface area contributed by atoms with Gasteiger partial charge in [0.1, 0.15) is 11.6 Å². The predicted octanol–water partition coefficient (Wildman–Crippen LogP) is 0.847. The minimum atomic E-state index is -0.0383. The van der Waals surface area contributed by atoms with Crippen molar-refractivity contribution in [2.45, 2.75) is 6.54 Å². The van der Waals surface area contributed by atoms with Crippen LogP contribution < -0.4 is 10.2 Å². The van der Waals surface area contributed by atoms with Crippen LogP contribution in [0, 0.1) is 0 Å². The van der Waals surface area contributed by atoms with Crippen LogP contribution in [0.1, 0.15) is 5.82 Å². The van der Waals surface area contributed by atoms with Crippen molar-refractivity contribution in [3.8, 4) is 0 Å². The highest BCUT2D eigenvalue weighted by atomic mass is 16.2. The minimum Gasteiger partial charge on any atom is -0.353 e. The van der Waals surface area contributed by atoms with E-state index in [4.69, 9.17) is 0 Å². The molecule has 0 atom stereocenters. The number of aryl methyl sites for hydroxylation is 1. The maximum atomic E-state index is 12.2. The van der Waals surface area contributed by atoms with E-state index in [1.165, 1.54) is 0 Å². The number of anilines is 1. The van der Waals surface area contributed by atoms with Crippen molar-refractivity contribution in [3.05, 3.63) is 42.6 Å². The van der Waals surface area contributed by atoms with Gasteiger partial charge in [0.25, 0.3) is 0 Å². The molecule has 2 amide bonds. The number of imidazole rings is 1. The lowest BCUT2D eigenvalue weighted by atomic mass is 10.3. The van der Waals surface area contributed by atoms with E-state index >= 15 is 0 Å². The van der Waals surface area contributed by atoms with Gasteiger partial charge in [-0.05, 0) is 12.1 Å². The highest BCUT2D eigenvalue weighted by molar-refractivity contribution is 5.74. The Labute approximate surface area is 129 Å². The van der Waals surface area contributed by atoms with Gasteiger partial charge in [0.05, 0.1) is 6.54 Å². The Morgan fingerprint density at radius 2 is 2.00 bits per heavy atom. The quantitative estimate of drug-likeness (QED) is 0.912. The zero-order valence-electron chi connectivity index (χ0n) is 12.6. The topological polar surface area (TPSA) is 66.3 Å². The smallest absolute Gasteiger partial charge is 0.317 e. The Morgan fingerprint density at radius 3 is 2.64 bits per heavy atom. The molecule has 1 aliphatic rings. The van der Waals surface area contributed by atoms with E-state index in [2.05, 4.69) is 20.2 Å². The minimum absolute atomic E-state index is 0.0383. The third-order valence-electron chi connectivity index (χ3n) is 3.86. The number of carbonyl (C=O) groups excluding carboxylic acids is 1. The Kier molecular flexibility index (Phi) is 4.22. The molecule has 0 aromatic carbocycles. The summed E-state index contributed by atoms with van der Waals surface area (Å²) in [5, 5.41) is 2.92. The maximum absolute atomic E-state index is 12.2. The number of nitrogens with one attached hydrogen (secondary N) is 1.